The van der Waals surface area contributed by atoms with E-state index in [1.54, 1.807) is 0 Å². The standard InChI is InChI=1S/C19H26O3/c1-19-8-7-12-13(15(19)5-6-18(19)21)4-3-11-9-16(20)17(22-2)10-14(11)12/h9-10,12-13,15,18,20-21H,3-8H2,1-2H3/t12-,13+,15-,18-,19-/m0/s1/i6D2,9D,10D,18D. The first kappa shape index (κ1) is 9.82. The second-order valence-corrected chi connectivity index (χ2v) is 7.13. The predicted octanol–water partition coefficient (Wildman–Crippen LogP) is 3.62. The number of aromatic hydroxyl groups is 1. The van der Waals surface area contributed by atoms with Crippen LogP contribution in [-0.2, 0) is 6.42 Å². The smallest absolute Gasteiger partial charge is 0.160 e. The van der Waals surface area contributed by atoms with Gasteiger partial charge >= 0.3 is 0 Å². The second-order valence-electron chi connectivity index (χ2n) is 7.13. The SMILES string of the molecule is [2H]c1c(O)c(OC)c([2H])c2c1CC[C@@H]1[C@@H]2CC[C@@]2(C)[C@H]1CC([2H])([2H])[C@]2([2H])O. The maximum atomic E-state index is 10.8. The highest BCUT2D eigenvalue weighted by molar-refractivity contribution is 5.49. The topological polar surface area (TPSA) is 49.7 Å². The minimum absolute atomic E-state index is 0.0170. The van der Waals surface area contributed by atoms with Crippen molar-refractivity contribution < 1.29 is 21.8 Å². The largest absolute Gasteiger partial charge is 0.504 e. The average molecular weight is 307 g/mol. The zero-order valence-corrected chi connectivity index (χ0v) is 13.1. The van der Waals surface area contributed by atoms with E-state index in [9.17, 15) is 10.2 Å². The number of phenolic OH excluding ortho intramolecular Hbond substituents is 1. The molecular weight excluding hydrogens is 276 g/mol. The molecule has 1 aromatic rings. The Hall–Kier alpha value is -1.22. The lowest BCUT2D eigenvalue weighted by Crippen LogP contribution is -2.43. The van der Waals surface area contributed by atoms with E-state index < -0.39 is 17.9 Å². The van der Waals surface area contributed by atoms with Crippen molar-refractivity contribution in [3.63, 3.8) is 0 Å². The molecule has 0 bridgehead atoms. The molecule has 3 aliphatic carbocycles. The van der Waals surface area contributed by atoms with E-state index >= 15 is 0 Å². The molecule has 0 aliphatic heterocycles. The van der Waals surface area contributed by atoms with E-state index in [-0.39, 0.29) is 47.8 Å². The van der Waals surface area contributed by atoms with Crippen LogP contribution in [-0.4, -0.2) is 23.4 Å². The predicted molar refractivity (Wildman–Crippen MR) is 85.3 cm³/mol. The third kappa shape index (κ3) is 1.84. The molecule has 2 N–H and O–H groups in total. The molecule has 4 rings (SSSR count). The molecule has 0 unspecified atom stereocenters. The molecular formula is C19H26O3. The van der Waals surface area contributed by atoms with Crippen molar-refractivity contribution in [3.05, 3.63) is 23.2 Å². The van der Waals surface area contributed by atoms with Gasteiger partial charge in [0.15, 0.2) is 11.5 Å². The van der Waals surface area contributed by atoms with Gasteiger partial charge in [0.1, 0.15) is 0 Å². The molecule has 3 aliphatic rings. The lowest BCUT2D eigenvalue weighted by molar-refractivity contribution is -0.0226. The van der Waals surface area contributed by atoms with Crippen LogP contribution in [0.25, 0.3) is 0 Å². The normalized spacial score (nSPS) is 48.7. The first-order valence-electron chi connectivity index (χ1n) is 10.6. The van der Waals surface area contributed by atoms with Gasteiger partial charge in [0.2, 0.25) is 0 Å². The Morgan fingerprint density at radius 1 is 1.41 bits per heavy atom. The average Bonchev–Trinajstić information content (AvgIpc) is 2.75. The molecule has 2 saturated carbocycles. The van der Waals surface area contributed by atoms with Gasteiger partial charge in [0, 0.05) is 2.74 Å². The Kier molecular flexibility index (Phi) is 2.18. The van der Waals surface area contributed by atoms with Crippen LogP contribution in [0.1, 0.15) is 62.9 Å². The van der Waals surface area contributed by atoms with Crippen molar-refractivity contribution in [1.82, 2.24) is 0 Å². The monoisotopic (exact) mass is 307 g/mol. The second kappa shape index (κ2) is 4.89. The van der Waals surface area contributed by atoms with Crippen LogP contribution in [0.3, 0.4) is 0 Å². The van der Waals surface area contributed by atoms with Gasteiger partial charge in [-0.3, -0.25) is 0 Å². The molecule has 5 atom stereocenters. The number of hydrogen-bond acceptors (Lipinski definition) is 3. The quantitative estimate of drug-likeness (QED) is 0.833. The number of hydrogen-bond donors (Lipinski definition) is 2. The highest BCUT2D eigenvalue weighted by Crippen LogP contribution is 2.61. The number of aliphatic hydroxyl groups is 1. The van der Waals surface area contributed by atoms with Crippen LogP contribution < -0.4 is 4.74 Å². The number of methoxy groups -OCH3 is 1. The summed E-state index contributed by atoms with van der Waals surface area (Å²) < 4.78 is 46.9. The Balaban J connectivity index is 1.83. The van der Waals surface area contributed by atoms with Crippen molar-refractivity contribution in [2.45, 2.75) is 57.4 Å². The molecule has 0 amide bonds. The third-order valence-corrected chi connectivity index (χ3v) is 6.22. The molecule has 2 fully saturated rings. The van der Waals surface area contributed by atoms with E-state index in [0.29, 0.717) is 31.2 Å². The Labute approximate surface area is 139 Å². The van der Waals surface area contributed by atoms with Crippen molar-refractivity contribution in [1.29, 1.82) is 0 Å². The molecule has 22 heavy (non-hydrogen) atoms. The molecule has 3 nitrogen and oxygen atoms in total. The van der Waals surface area contributed by atoms with Crippen LogP contribution in [0.2, 0.25) is 0 Å². The van der Waals surface area contributed by atoms with Crippen molar-refractivity contribution in [2.24, 2.45) is 17.3 Å². The van der Waals surface area contributed by atoms with E-state index in [0.717, 1.165) is 5.56 Å². The van der Waals surface area contributed by atoms with E-state index in [1.165, 1.54) is 7.11 Å². The summed E-state index contributed by atoms with van der Waals surface area (Å²) in [6.45, 7) is 1.83. The first-order chi connectivity index (χ1) is 12.5. The Bertz CT molecular complexity index is 809. The summed E-state index contributed by atoms with van der Waals surface area (Å²) in [7, 11) is 1.38. The summed E-state index contributed by atoms with van der Waals surface area (Å²) in [5.41, 5.74) is 0.585. The van der Waals surface area contributed by atoms with Crippen LogP contribution in [0.4, 0.5) is 0 Å². The molecule has 0 aromatic heterocycles. The number of phenols is 1. The van der Waals surface area contributed by atoms with E-state index in [2.05, 4.69) is 0 Å². The molecule has 0 spiro atoms. The lowest BCUT2D eigenvalue weighted by Gasteiger charge is -2.50. The number of ether oxygens (including phenoxy) is 1. The van der Waals surface area contributed by atoms with Crippen LogP contribution in [0, 0.1) is 17.3 Å². The van der Waals surface area contributed by atoms with Crippen molar-refractivity contribution >= 4 is 0 Å². The highest BCUT2D eigenvalue weighted by Gasteiger charge is 2.54. The Morgan fingerprint density at radius 2 is 2.23 bits per heavy atom. The third-order valence-electron chi connectivity index (χ3n) is 6.22. The number of fused-ring (bicyclic) bond motifs is 5. The van der Waals surface area contributed by atoms with Crippen LogP contribution >= 0.6 is 0 Å². The molecule has 1 aromatic carbocycles. The minimum atomic E-state index is -2.13. The zero-order chi connectivity index (χ0) is 19.9. The number of rotatable bonds is 1. The van der Waals surface area contributed by atoms with Crippen molar-refractivity contribution in [3.8, 4) is 11.5 Å². The molecule has 0 radical (unpaired) electrons. The first-order valence-corrected chi connectivity index (χ1v) is 8.09. The lowest BCUT2D eigenvalue weighted by atomic mass is 9.55. The summed E-state index contributed by atoms with van der Waals surface area (Å²) in [5.74, 6) is -0.425. The zero-order valence-electron chi connectivity index (χ0n) is 18.1. The van der Waals surface area contributed by atoms with Gasteiger partial charge in [0.05, 0.1) is 17.3 Å². The fourth-order valence-corrected chi connectivity index (χ4v) is 4.94. The summed E-state index contributed by atoms with van der Waals surface area (Å²) in [6.07, 6.45) is -1.61. The van der Waals surface area contributed by atoms with Gasteiger partial charge in [-0.15, -0.1) is 0 Å². The molecule has 0 saturated heterocycles. The van der Waals surface area contributed by atoms with E-state index in [1.807, 2.05) is 6.92 Å². The summed E-state index contributed by atoms with van der Waals surface area (Å²) in [4.78, 5) is 0. The van der Waals surface area contributed by atoms with Gasteiger partial charge in [-0.05, 0) is 84.9 Å². The van der Waals surface area contributed by atoms with Gasteiger partial charge in [0.25, 0.3) is 0 Å². The van der Waals surface area contributed by atoms with Gasteiger partial charge in [-0.2, -0.15) is 0 Å². The van der Waals surface area contributed by atoms with Gasteiger partial charge < -0.3 is 14.9 Å². The van der Waals surface area contributed by atoms with E-state index in [4.69, 9.17) is 11.6 Å². The molecule has 0 heterocycles. The van der Waals surface area contributed by atoms with Gasteiger partial charge in [-0.25, -0.2) is 0 Å². The van der Waals surface area contributed by atoms with Gasteiger partial charge in [-0.1, -0.05) is 6.92 Å². The fourth-order valence-electron chi connectivity index (χ4n) is 4.94. The maximum Gasteiger partial charge on any atom is 0.160 e. The fraction of sp³-hybridized carbons (Fsp3) is 0.684. The summed E-state index contributed by atoms with van der Waals surface area (Å²) in [6, 6.07) is 0.129. The van der Waals surface area contributed by atoms with Crippen LogP contribution in [0.15, 0.2) is 12.1 Å². The number of benzene rings is 1. The minimum Gasteiger partial charge on any atom is -0.504 e. The summed E-state index contributed by atoms with van der Waals surface area (Å²) >= 11 is 0. The maximum absolute atomic E-state index is 10.8. The molecule has 120 valence electrons. The Morgan fingerprint density at radius 3 is 3.00 bits per heavy atom. The van der Waals surface area contributed by atoms with Crippen molar-refractivity contribution in [2.75, 3.05) is 7.11 Å². The van der Waals surface area contributed by atoms with Crippen LogP contribution in [0.5, 0.6) is 11.5 Å². The highest BCUT2D eigenvalue weighted by atomic mass is 16.5. The summed E-state index contributed by atoms with van der Waals surface area (Å²) in [5, 5.41) is 21.0. The molecule has 3 heteroatoms.